The maximum absolute atomic E-state index is 13.4. The van der Waals surface area contributed by atoms with Gasteiger partial charge in [0, 0.05) is 44.3 Å². The minimum absolute atomic E-state index is 0.0337. The first-order valence-electron chi connectivity index (χ1n) is 10.1. The maximum atomic E-state index is 13.4. The molecule has 31 heavy (non-hydrogen) atoms. The van der Waals surface area contributed by atoms with Gasteiger partial charge in [0.1, 0.15) is 0 Å². The number of nitrogens with one attached hydrogen (secondary N) is 1. The van der Waals surface area contributed by atoms with E-state index in [1.165, 1.54) is 0 Å². The standard InChI is InChI=1S/C21H26F3N5O2/c1-14(2)29-18(21(22,23)24)17(13-26-29)19(30)25-12-15-4-6-16(7-5-15)20(31)28-10-8-27(3)9-11-28/h4-7,13-14H,8-12H2,1-3H3,(H,25,30). The second kappa shape index (κ2) is 9.09. The first-order chi connectivity index (χ1) is 14.6. The van der Waals surface area contributed by atoms with Crippen LogP contribution in [-0.2, 0) is 12.7 Å². The summed E-state index contributed by atoms with van der Waals surface area (Å²) < 4.78 is 41.1. The van der Waals surface area contributed by atoms with E-state index in [-0.39, 0.29) is 12.5 Å². The van der Waals surface area contributed by atoms with E-state index in [0.717, 1.165) is 24.0 Å². The number of amides is 2. The van der Waals surface area contributed by atoms with Gasteiger partial charge < -0.3 is 15.1 Å². The van der Waals surface area contributed by atoms with Gasteiger partial charge in [0.25, 0.3) is 11.8 Å². The SMILES string of the molecule is CC(C)n1ncc(C(=O)NCc2ccc(C(=O)N3CCN(C)CC3)cc2)c1C(F)(F)F. The van der Waals surface area contributed by atoms with E-state index in [0.29, 0.717) is 24.2 Å². The van der Waals surface area contributed by atoms with Gasteiger partial charge in [0.2, 0.25) is 0 Å². The number of carbonyl (C=O) groups is 2. The Kier molecular flexibility index (Phi) is 6.68. The van der Waals surface area contributed by atoms with Crippen molar-refractivity contribution in [3.05, 3.63) is 52.8 Å². The Morgan fingerprint density at radius 3 is 2.26 bits per heavy atom. The molecule has 1 aliphatic heterocycles. The van der Waals surface area contributed by atoms with Crippen molar-refractivity contribution in [3.8, 4) is 0 Å². The molecular weight excluding hydrogens is 411 g/mol. The molecule has 0 aliphatic carbocycles. The van der Waals surface area contributed by atoms with Crippen LogP contribution in [0.1, 0.15) is 51.9 Å². The maximum Gasteiger partial charge on any atom is 0.433 e. The van der Waals surface area contributed by atoms with E-state index < -0.39 is 29.4 Å². The zero-order chi connectivity index (χ0) is 22.8. The summed E-state index contributed by atoms with van der Waals surface area (Å²) in [6, 6.07) is 6.17. The van der Waals surface area contributed by atoms with Crippen molar-refractivity contribution in [1.82, 2.24) is 24.9 Å². The van der Waals surface area contributed by atoms with Gasteiger partial charge in [-0.1, -0.05) is 12.1 Å². The second-order valence-electron chi connectivity index (χ2n) is 7.92. The number of alkyl halides is 3. The minimum Gasteiger partial charge on any atom is -0.348 e. The zero-order valence-electron chi connectivity index (χ0n) is 17.7. The average molecular weight is 437 g/mol. The molecule has 168 valence electrons. The fourth-order valence-corrected chi connectivity index (χ4v) is 3.44. The third kappa shape index (κ3) is 5.25. The Morgan fingerprint density at radius 1 is 1.10 bits per heavy atom. The fraction of sp³-hybridized carbons (Fsp3) is 0.476. The van der Waals surface area contributed by atoms with Crippen LogP contribution in [0.4, 0.5) is 13.2 Å². The van der Waals surface area contributed by atoms with Crippen LogP contribution in [0.5, 0.6) is 0 Å². The summed E-state index contributed by atoms with van der Waals surface area (Å²) in [5.74, 6) is -0.906. The summed E-state index contributed by atoms with van der Waals surface area (Å²) in [5, 5.41) is 6.23. The zero-order valence-corrected chi connectivity index (χ0v) is 17.7. The van der Waals surface area contributed by atoms with Crippen LogP contribution in [0.2, 0.25) is 0 Å². The lowest BCUT2D eigenvalue weighted by Crippen LogP contribution is -2.47. The van der Waals surface area contributed by atoms with Crippen molar-refractivity contribution in [1.29, 1.82) is 0 Å². The lowest BCUT2D eigenvalue weighted by Gasteiger charge is -2.32. The van der Waals surface area contributed by atoms with Crippen molar-refractivity contribution in [2.75, 3.05) is 33.2 Å². The van der Waals surface area contributed by atoms with E-state index in [9.17, 15) is 22.8 Å². The van der Waals surface area contributed by atoms with E-state index in [1.54, 1.807) is 43.0 Å². The van der Waals surface area contributed by atoms with Gasteiger partial charge in [-0.2, -0.15) is 18.3 Å². The van der Waals surface area contributed by atoms with Gasteiger partial charge >= 0.3 is 6.18 Å². The number of hydrogen-bond donors (Lipinski definition) is 1. The Morgan fingerprint density at radius 2 is 1.71 bits per heavy atom. The molecule has 0 saturated carbocycles. The summed E-state index contributed by atoms with van der Waals surface area (Å²) in [6.45, 7) is 6.14. The summed E-state index contributed by atoms with van der Waals surface area (Å²) in [6.07, 6.45) is -3.76. The summed E-state index contributed by atoms with van der Waals surface area (Å²) >= 11 is 0. The molecule has 0 unspecified atom stereocenters. The number of piperazine rings is 1. The van der Waals surface area contributed by atoms with Crippen molar-refractivity contribution < 1.29 is 22.8 Å². The predicted molar refractivity (Wildman–Crippen MR) is 109 cm³/mol. The highest BCUT2D eigenvalue weighted by Gasteiger charge is 2.40. The molecule has 1 aliphatic rings. The van der Waals surface area contributed by atoms with Crippen LogP contribution in [0.15, 0.2) is 30.5 Å². The van der Waals surface area contributed by atoms with Crippen molar-refractivity contribution in [2.24, 2.45) is 0 Å². The van der Waals surface area contributed by atoms with Gasteiger partial charge in [-0.25, -0.2) is 0 Å². The molecule has 2 aromatic rings. The molecule has 10 heteroatoms. The first-order valence-corrected chi connectivity index (χ1v) is 10.1. The summed E-state index contributed by atoms with van der Waals surface area (Å²) in [7, 11) is 2.01. The quantitative estimate of drug-likeness (QED) is 0.781. The number of nitrogens with zero attached hydrogens (tertiary/aromatic N) is 4. The summed E-state index contributed by atoms with van der Waals surface area (Å²) in [5.41, 5.74) is -0.360. The first kappa shape index (κ1) is 22.8. The summed E-state index contributed by atoms with van der Waals surface area (Å²) in [4.78, 5) is 28.9. The number of benzene rings is 1. The second-order valence-corrected chi connectivity index (χ2v) is 7.92. The van der Waals surface area contributed by atoms with Gasteiger partial charge in [0.05, 0.1) is 11.8 Å². The highest BCUT2D eigenvalue weighted by atomic mass is 19.4. The van der Waals surface area contributed by atoms with Crippen LogP contribution in [0, 0.1) is 0 Å². The number of rotatable bonds is 5. The van der Waals surface area contributed by atoms with Crippen LogP contribution < -0.4 is 5.32 Å². The molecule has 1 aromatic carbocycles. The normalized spacial score (nSPS) is 15.4. The molecule has 0 bridgehead atoms. The van der Waals surface area contributed by atoms with E-state index in [2.05, 4.69) is 15.3 Å². The monoisotopic (exact) mass is 437 g/mol. The minimum atomic E-state index is -4.70. The van der Waals surface area contributed by atoms with E-state index in [1.807, 2.05) is 7.05 Å². The Hall–Kier alpha value is -2.88. The van der Waals surface area contributed by atoms with Gasteiger partial charge in [-0.05, 0) is 38.6 Å². The smallest absolute Gasteiger partial charge is 0.348 e. The molecule has 3 rings (SSSR count). The van der Waals surface area contributed by atoms with Crippen LogP contribution in [0.25, 0.3) is 0 Å². The lowest BCUT2D eigenvalue weighted by atomic mass is 10.1. The van der Waals surface area contributed by atoms with Gasteiger partial charge in [0.15, 0.2) is 5.69 Å². The number of likely N-dealkylation sites (N-methyl/N-ethyl adjacent to an activating group) is 1. The Bertz CT molecular complexity index is 929. The van der Waals surface area contributed by atoms with E-state index in [4.69, 9.17) is 0 Å². The van der Waals surface area contributed by atoms with Crippen LogP contribution in [-0.4, -0.2) is 64.6 Å². The fourth-order valence-electron chi connectivity index (χ4n) is 3.44. The molecule has 0 radical (unpaired) electrons. The molecule has 7 nitrogen and oxygen atoms in total. The highest BCUT2D eigenvalue weighted by Crippen LogP contribution is 2.33. The van der Waals surface area contributed by atoms with Gasteiger partial charge in [-0.15, -0.1) is 0 Å². The molecule has 1 fully saturated rings. The van der Waals surface area contributed by atoms with Crippen molar-refractivity contribution in [3.63, 3.8) is 0 Å². The van der Waals surface area contributed by atoms with Crippen molar-refractivity contribution in [2.45, 2.75) is 32.6 Å². The molecule has 1 N–H and O–H groups in total. The third-order valence-electron chi connectivity index (χ3n) is 5.24. The number of halogens is 3. The highest BCUT2D eigenvalue weighted by molar-refractivity contribution is 5.95. The van der Waals surface area contributed by atoms with Crippen molar-refractivity contribution >= 4 is 11.8 Å². The largest absolute Gasteiger partial charge is 0.433 e. The number of aromatic nitrogens is 2. The lowest BCUT2D eigenvalue weighted by molar-refractivity contribution is -0.145. The molecule has 2 heterocycles. The van der Waals surface area contributed by atoms with Crippen LogP contribution >= 0.6 is 0 Å². The molecular formula is C21H26F3N5O2. The molecule has 2 amide bonds. The predicted octanol–water partition coefficient (Wildman–Crippen LogP) is 2.80. The van der Waals surface area contributed by atoms with Crippen LogP contribution in [0.3, 0.4) is 0 Å². The molecule has 1 aromatic heterocycles. The topological polar surface area (TPSA) is 70.5 Å². The Balaban J connectivity index is 1.64. The number of carbonyl (C=O) groups excluding carboxylic acids is 2. The molecule has 0 spiro atoms. The van der Waals surface area contributed by atoms with E-state index >= 15 is 0 Å². The Labute approximate surface area is 178 Å². The average Bonchev–Trinajstić information content (AvgIpc) is 3.19. The molecule has 0 atom stereocenters. The third-order valence-corrected chi connectivity index (χ3v) is 5.24. The number of hydrogen-bond acceptors (Lipinski definition) is 4. The molecule has 1 saturated heterocycles. The van der Waals surface area contributed by atoms with Gasteiger partial charge in [-0.3, -0.25) is 14.3 Å².